The van der Waals surface area contributed by atoms with E-state index in [2.05, 4.69) is 9.88 Å². The fourth-order valence-corrected chi connectivity index (χ4v) is 3.61. The Bertz CT molecular complexity index is 851. The lowest BCUT2D eigenvalue weighted by Gasteiger charge is -2.21. The van der Waals surface area contributed by atoms with Crippen LogP contribution in [-0.2, 0) is 13.1 Å². The van der Waals surface area contributed by atoms with Crippen molar-refractivity contribution in [3.63, 3.8) is 0 Å². The number of hydrogen-bond acceptors (Lipinski definition) is 4. The van der Waals surface area contributed by atoms with E-state index in [1.165, 1.54) is 12.1 Å². The Kier molecular flexibility index (Phi) is 3.51. The third kappa shape index (κ3) is 2.44. The van der Waals surface area contributed by atoms with Crippen molar-refractivity contribution in [1.82, 2.24) is 9.55 Å². The molecule has 5 nitrogen and oxygen atoms in total. The maximum Gasteiger partial charge on any atom is 0.351 e. The molecule has 0 N–H and O–H groups in total. The monoisotopic (exact) mass is 332 g/mol. The van der Waals surface area contributed by atoms with E-state index in [-0.39, 0.29) is 12.2 Å². The van der Waals surface area contributed by atoms with Crippen LogP contribution < -0.4 is 15.5 Å². The van der Waals surface area contributed by atoms with Crippen molar-refractivity contribution in [2.24, 2.45) is 0 Å². The molecule has 2 aromatic rings. The first-order valence-electron chi connectivity index (χ1n) is 8.06. The van der Waals surface area contributed by atoms with Gasteiger partial charge >= 0.3 is 5.69 Å². The number of nitrogens with zero attached hydrogens (tertiary/aromatic N) is 4. The molecule has 24 heavy (non-hydrogen) atoms. The van der Waals surface area contributed by atoms with Crippen molar-refractivity contribution in [3.05, 3.63) is 51.9 Å². The molecular weight excluding hydrogens is 314 g/mol. The average Bonchev–Trinajstić information content (AvgIpc) is 3.12. The summed E-state index contributed by atoms with van der Waals surface area (Å²) in [5.41, 5.74) is 0.0867. The second kappa shape index (κ2) is 5.58. The van der Waals surface area contributed by atoms with Gasteiger partial charge in [-0.1, -0.05) is 6.07 Å². The first kappa shape index (κ1) is 15.1. The Morgan fingerprint density at radius 2 is 2.17 bits per heavy atom. The van der Waals surface area contributed by atoms with Crippen LogP contribution in [0.25, 0.3) is 0 Å². The van der Waals surface area contributed by atoms with E-state index in [0.717, 1.165) is 31.3 Å². The van der Waals surface area contributed by atoms with Gasteiger partial charge in [0, 0.05) is 50.4 Å². The van der Waals surface area contributed by atoms with Crippen LogP contribution >= 0.6 is 0 Å². The highest BCUT2D eigenvalue weighted by Gasteiger charge is 2.34. The molecule has 1 unspecified atom stereocenters. The maximum atomic E-state index is 13.8. The Balaban J connectivity index is 1.64. The highest BCUT2D eigenvalue weighted by molar-refractivity contribution is 5.54. The van der Waals surface area contributed by atoms with Crippen LogP contribution in [0.3, 0.4) is 0 Å². The van der Waals surface area contributed by atoms with Gasteiger partial charge in [-0.3, -0.25) is 4.57 Å². The molecule has 0 aliphatic carbocycles. The zero-order chi connectivity index (χ0) is 16.8. The summed E-state index contributed by atoms with van der Waals surface area (Å²) >= 11 is 0. The van der Waals surface area contributed by atoms with Gasteiger partial charge in [0.25, 0.3) is 0 Å². The fraction of sp³-hybridized carbons (Fsp3) is 0.412. The molecule has 0 bridgehead atoms. The Labute approximate surface area is 138 Å². The van der Waals surface area contributed by atoms with Gasteiger partial charge in [-0.05, 0) is 18.9 Å². The molecule has 1 fully saturated rings. The van der Waals surface area contributed by atoms with Gasteiger partial charge < -0.3 is 9.80 Å². The molecule has 2 aliphatic heterocycles. The van der Waals surface area contributed by atoms with Crippen LogP contribution in [0.1, 0.15) is 18.4 Å². The fourth-order valence-electron chi connectivity index (χ4n) is 3.61. The highest BCUT2D eigenvalue weighted by Crippen LogP contribution is 2.33. The van der Waals surface area contributed by atoms with Crippen LogP contribution in [0.4, 0.5) is 20.4 Å². The van der Waals surface area contributed by atoms with E-state index < -0.39 is 11.6 Å². The SMILES string of the molecule is CN(Cc1ccc(F)cc1F)c1cc2n(c(=O)n1)CC1CCCN21. The highest BCUT2D eigenvalue weighted by atomic mass is 19.1. The Morgan fingerprint density at radius 3 is 2.96 bits per heavy atom. The predicted molar refractivity (Wildman–Crippen MR) is 87.3 cm³/mol. The number of hydrogen-bond donors (Lipinski definition) is 0. The molecule has 0 radical (unpaired) electrons. The molecule has 4 rings (SSSR count). The molecule has 0 saturated carbocycles. The average molecular weight is 332 g/mol. The zero-order valence-corrected chi connectivity index (χ0v) is 13.4. The summed E-state index contributed by atoms with van der Waals surface area (Å²) in [5.74, 6) is 0.189. The minimum absolute atomic E-state index is 0.214. The van der Waals surface area contributed by atoms with Crippen LogP contribution in [0.2, 0.25) is 0 Å². The standard InChI is InChI=1S/C17H18F2N4O/c1-21(9-11-4-5-12(18)7-14(11)19)15-8-16-22-6-2-3-13(22)10-23(16)17(24)20-15/h4-5,7-8,13H,2-3,6,9-10H2,1H3. The van der Waals surface area contributed by atoms with E-state index in [1.54, 1.807) is 16.5 Å². The van der Waals surface area contributed by atoms with E-state index in [1.807, 2.05) is 6.07 Å². The second-order valence-electron chi connectivity index (χ2n) is 6.45. The maximum absolute atomic E-state index is 13.8. The van der Waals surface area contributed by atoms with E-state index in [0.29, 0.717) is 24.0 Å². The number of anilines is 2. The van der Waals surface area contributed by atoms with Crippen molar-refractivity contribution >= 4 is 11.6 Å². The van der Waals surface area contributed by atoms with Crippen LogP contribution in [-0.4, -0.2) is 29.2 Å². The van der Waals surface area contributed by atoms with E-state index >= 15 is 0 Å². The summed E-state index contributed by atoms with van der Waals surface area (Å²) in [6.45, 7) is 1.85. The zero-order valence-electron chi connectivity index (χ0n) is 13.4. The van der Waals surface area contributed by atoms with Gasteiger partial charge in [0.1, 0.15) is 23.3 Å². The third-order valence-electron chi connectivity index (χ3n) is 4.85. The van der Waals surface area contributed by atoms with Crippen molar-refractivity contribution in [1.29, 1.82) is 0 Å². The van der Waals surface area contributed by atoms with E-state index in [9.17, 15) is 13.6 Å². The van der Waals surface area contributed by atoms with Crippen molar-refractivity contribution in [3.8, 4) is 0 Å². The van der Waals surface area contributed by atoms with E-state index in [4.69, 9.17) is 0 Å². The predicted octanol–water partition coefficient (Wildman–Crippen LogP) is 2.14. The molecule has 126 valence electrons. The van der Waals surface area contributed by atoms with Gasteiger partial charge in [0.15, 0.2) is 0 Å². The van der Waals surface area contributed by atoms with Crippen molar-refractivity contribution in [2.75, 3.05) is 23.4 Å². The van der Waals surface area contributed by atoms with Crippen LogP contribution in [0.15, 0.2) is 29.1 Å². The molecular formula is C17H18F2N4O. The molecule has 2 aliphatic rings. The molecule has 1 saturated heterocycles. The minimum Gasteiger partial charge on any atom is -0.355 e. The lowest BCUT2D eigenvalue weighted by Crippen LogP contribution is -2.27. The number of aromatic nitrogens is 2. The smallest absolute Gasteiger partial charge is 0.351 e. The summed E-state index contributed by atoms with van der Waals surface area (Å²) < 4.78 is 28.6. The molecule has 1 atom stereocenters. The van der Waals surface area contributed by atoms with Gasteiger partial charge in [0.05, 0.1) is 0 Å². The summed E-state index contributed by atoms with van der Waals surface area (Å²) in [5, 5.41) is 0. The first-order chi connectivity index (χ1) is 11.5. The second-order valence-corrected chi connectivity index (χ2v) is 6.45. The molecule has 0 amide bonds. The summed E-state index contributed by atoms with van der Waals surface area (Å²) in [6.07, 6.45) is 2.22. The van der Waals surface area contributed by atoms with Crippen molar-refractivity contribution in [2.45, 2.75) is 32.0 Å². The Hall–Kier alpha value is -2.44. The summed E-state index contributed by atoms with van der Waals surface area (Å²) in [6, 6.07) is 5.77. The normalized spacial score (nSPS) is 18.6. The van der Waals surface area contributed by atoms with Gasteiger partial charge in [-0.2, -0.15) is 4.98 Å². The molecule has 3 heterocycles. The lowest BCUT2D eigenvalue weighted by atomic mass is 10.2. The number of rotatable bonds is 3. The summed E-state index contributed by atoms with van der Waals surface area (Å²) in [7, 11) is 1.75. The van der Waals surface area contributed by atoms with Crippen LogP contribution in [0.5, 0.6) is 0 Å². The van der Waals surface area contributed by atoms with Gasteiger partial charge in [-0.15, -0.1) is 0 Å². The van der Waals surface area contributed by atoms with Crippen molar-refractivity contribution < 1.29 is 8.78 Å². The number of halogens is 2. The molecule has 1 aromatic carbocycles. The number of fused-ring (bicyclic) bond motifs is 3. The summed E-state index contributed by atoms with van der Waals surface area (Å²) in [4.78, 5) is 20.4. The molecule has 7 heteroatoms. The number of benzene rings is 1. The molecule has 0 spiro atoms. The minimum atomic E-state index is -0.604. The largest absolute Gasteiger partial charge is 0.355 e. The first-order valence-corrected chi connectivity index (χ1v) is 8.06. The molecule has 1 aromatic heterocycles. The van der Waals surface area contributed by atoms with Gasteiger partial charge in [-0.25, -0.2) is 13.6 Å². The lowest BCUT2D eigenvalue weighted by molar-refractivity contribution is 0.570. The topological polar surface area (TPSA) is 41.4 Å². The third-order valence-corrected chi connectivity index (χ3v) is 4.85. The Morgan fingerprint density at radius 1 is 1.33 bits per heavy atom. The van der Waals surface area contributed by atoms with Gasteiger partial charge in [0.2, 0.25) is 0 Å². The quantitative estimate of drug-likeness (QED) is 0.864. The van der Waals surface area contributed by atoms with Crippen LogP contribution in [0, 0.1) is 11.6 Å².